The average molecular weight is 253 g/mol. The number of para-hydroxylation sites is 2. The molecule has 0 atom stereocenters. The first kappa shape index (κ1) is 11.7. The predicted molar refractivity (Wildman–Crippen MR) is 75.5 cm³/mol. The maximum absolute atomic E-state index is 5.81. The summed E-state index contributed by atoms with van der Waals surface area (Å²) in [5.41, 5.74) is 8.82. The van der Waals surface area contributed by atoms with Crippen LogP contribution in [0, 0.1) is 0 Å². The summed E-state index contributed by atoms with van der Waals surface area (Å²) in [6, 6.07) is 15.9. The van der Waals surface area contributed by atoms with Crippen LogP contribution in [0.5, 0.6) is 5.75 Å². The first-order valence-electron chi connectivity index (χ1n) is 6.14. The van der Waals surface area contributed by atoms with Gasteiger partial charge in [0.1, 0.15) is 11.6 Å². The van der Waals surface area contributed by atoms with Crippen molar-refractivity contribution in [1.82, 2.24) is 9.55 Å². The highest BCUT2D eigenvalue weighted by atomic mass is 16.5. The van der Waals surface area contributed by atoms with Gasteiger partial charge in [0, 0.05) is 6.07 Å². The van der Waals surface area contributed by atoms with Crippen LogP contribution in [0.1, 0.15) is 5.82 Å². The number of benzene rings is 2. The van der Waals surface area contributed by atoms with Crippen LogP contribution in [0.2, 0.25) is 0 Å². The summed E-state index contributed by atoms with van der Waals surface area (Å²) in [5, 5.41) is 0. The molecule has 0 aliphatic rings. The van der Waals surface area contributed by atoms with E-state index >= 15 is 0 Å². The molecule has 0 bridgehead atoms. The number of rotatable bonds is 3. The highest BCUT2D eigenvalue weighted by Gasteiger charge is 2.11. The highest BCUT2D eigenvalue weighted by molar-refractivity contribution is 5.78. The fourth-order valence-electron chi connectivity index (χ4n) is 2.25. The Morgan fingerprint density at radius 1 is 1.16 bits per heavy atom. The normalized spacial score (nSPS) is 10.8. The summed E-state index contributed by atoms with van der Waals surface area (Å²) < 4.78 is 7.34. The summed E-state index contributed by atoms with van der Waals surface area (Å²) in [6.45, 7) is 0.395. The molecule has 2 N–H and O–H groups in total. The van der Waals surface area contributed by atoms with Crippen molar-refractivity contribution in [2.75, 3.05) is 7.11 Å². The molecule has 2 aromatic carbocycles. The van der Waals surface area contributed by atoms with Gasteiger partial charge in [-0.3, -0.25) is 4.57 Å². The molecule has 19 heavy (non-hydrogen) atoms. The van der Waals surface area contributed by atoms with Crippen molar-refractivity contribution in [3.05, 3.63) is 54.4 Å². The van der Waals surface area contributed by atoms with E-state index in [1.807, 2.05) is 48.5 Å². The van der Waals surface area contributed by atoms with Gasteiger partial charge in [0.05, 0.1) is 30.4 Å². The van der Waals surface area contributed by atoms with Crippen LogP contribution >= 0.6 is 0 Å². The summed E-state index contributed by atoms with van der Waals surface area (Å²) in [5.74, 6) is 1.66. The predicted octanol–water partition coefficient (Wildman–Crippen LogP) is 2.49. The molecular formula is C15H15N3O. The van der Waals surface area contributed by atoms with Gasteiger partial charge in [-0.2, -0.15) is 0 Å². The Hall–Kier alpha value is -2.33. The molecule has 1 heterocycles. The van der Waals surface area contributed by atoms with Crippen molar-refractivity contribution in [3.63, 3.8) is 0 Å². The second-order valence-corrected chi connectivity index (χ2v) is 4.26. The highest BCUT2D eigenvalue weighted by Crippen LogP contribution is 2.23. The summed E-state index contributed by atoms with van der Waals surface area (Å²) in [7, 11) is 1.66. The Kier molecular flexibility index (Phi) is 2.93. The first-order chi connectivity index (χ1) is 9.33. The maximum atomic E-state index is 5.81. The third-order valence-electron chi connectivity index (χ3n) is 3.12. The van der Waals surface area contributed by atoms with Crippen molar-refractivity contribution in [3.8, 4) is 11.4 Å². The third-order valence-corrected chi connectivity index (χ3v) is 3.12. The lowest BCUT2D eigenvalue weighted by atomic mass is 10.2. The number of fused-ring (bicyclic) bond motifs is 1. The molecular weight excluding hydrogens is 238 g/mol. The van der Waals surface area contributed by atoms with E-state index in [0.717, 1.165) is 28.3 Å². The van der Waals surface area contributed by atoms with E-state index in [4.69, 9.17) is 10.5 Å². The van der Waals surface area contributed by atoms with E-state index in [1.165, 1.54) is 0 Å². The molecule has 0 spiro atoms. The smallest absolute Gasteiger partial charge is 0.128 e. The molecule has 0 saturated carbocycles. The van der Waals surface area contributed by atoms with Gasteiger partial charge in [-0.1, -0.05) is 18.2 Å². The zero-order chi connectivity index (χ0) is 13.2. The molecule has 0 radical (unpaired) electrons. The van der Waals surface area contributed by atoms with Crippen LogP contribution in [0.3, 0.4) is 0 Å². The Bertz CT molecular complexity index is 718. The molecule has 0 unspecified atom stereocenters. The van der Waals surface area contributed by atoms with Crippen molar-refractivity contribution in [1.29, 1.82) is 0 Å². The average Bonchev–Trinajstić information content (AvgIpc) is 2.85. The molecule has 1 aromatic heterocycles. The van der Waals surface area contributed by atoms with Crippen LogP contribution in [0.4, 0.5) is 0 Å². The number of methoxy groups -OCH3 is 1. The van der Waals surface area contributed by atoms with Gasteiger partial charge in [-0.25, -0.2) is 4.98 Å². The minimum absolute atomic E-state index is 0.395. The summed E-state index contributed by atoms with van der Waals surface area (Å²) in [6.07, 6.45) is 0. The molecule has 0 aliphatic heterocycles. The monoisotopic (exact) mass is 253 g/mol. The quantitative estimate of drug-likeness (QED) is 0.780. The number of nitrogens with two attached hydrogens (primary N) is 1. The van der Waals surface area contributed by atoms with E-state index in [1.54, 1.807) is 7.11 Å². The number of nitrogens with zero attached hydrogens (tertiary/aromatic N) is 2. The van der Waals surface area contributed by atoms with E-state index in [0.29, 0.717) is 6.54 Å². The Morgan fingerprint density at radius 2 is 2.00 bits per heavy atom. The minimum atomic E-state index is 0.395. The third kappa shape index (κ3) is 1.96. The van der Waals surface area contributed by atoms with Gasteiger partial charge in [0.25, 0.3) is 0 Å². The molecule has 0 saturated heterocycles. The van der Waals surface area contributed by atoms with E-state index in [-0.39, 0.29) is 0 Å². The van der Waals surface area contributed by atoms with E-state index in [9.17, 15) is 0 Å². The summed E-state index contributed by atoms with van der Waals surface area (Å²) in [4.78, 5) is 4.56. The van der Waals surface area contributed by atoms with Crippen molar-refractivity contribution >= 4 is 11.0 Å². The largest absolute Gasteiger partial charge is 0.497 e. The molecule has 0 aliphatic carbocycles. The minimum Gasteiger partial charge on any atom is -0.497 e. The van der Waals surface area contributed by atoms with Gasteiger partial charge in [-0.05, 0) is 24.3 Å². The number of imidazole rings is 1. The molecule has 3 rings (SSSR count). The molecule has 4 heteroatoms. The van der Waals surface area contributed by atoms with Gasteiger partial charge >= 0.3 is 0 Å². The zero-order valence-electron chi connectivity index (χ0n) is 10.7. The Morgan fingerprint density at radius 3 is 2.79 bits per heavy atom. The Balaban J connectivity index is 2.27. The van der Waals surface area contributed by atoms with Crippen molar-refractivity contribution in [2.24, 2.45) is 5.73 Å². The topological polar surface area (TPSA) is 53.1 Å². The van der Waals surface area contributed by atoms with Gasteiger partial charge < -0.3 is 10.5 Å². The standard InChI is InChI=1S/C15H15N3O/c1-19-12-6-4-5-11(9-12)18-14-8-3-2-7-13(14)17-15(18)10-16/h2-9H,10,16H2,1H3. The van der Waals surface area contributed by atoms with Crippen LogP contribution in [0.25, 0.3) is 16.7 Å². The lowest BCUT2D eigenvalue weighted by Crippen LogP contribution is -2.06. The lowest BCUT2D eigenvalue weighted by molar-refractivity contribution is 0.414. The second kappa shape index (κ2) is 4.74. The molecule has 0 fully saturated rings. The number of hydrogen-bond donors (Lipinski definition) is 1. The second-order valence-electron chi connectivity index (χ2n) is 4.26. The number of aromatic nitrogens is 2. The van der Waals surface area contributed by atoms with Crippen molar-refractivity contribution < 1.29 is 4.74 Å². The Labute approximate surface area is 111 Å². The molecule has 3 aromatic rings. The zero-order valence-corrected chi connectivity index (χ0v) is 10.7. The summed E-state index contributed by atoms with van der Waals surface area (Å²) >= 11 is 0. The van der Waals surface area contributed by atoms with Gasteiger partial charge in [0.15, 0.2) is 0 Å². The van der Waals surface area contributed by atoms with Gasteiger partial charge in [0.2, 0.25) is 0 Å². The van der Waals surface area contributed by atoms with Crippen molar-refractivity contribution in [2.45, 2.75) is 6.54 Å². The molecule has 0 amide bonds. The van der Waals surface area contributed by atoms with Crippen LogP contribution in [0.15, 0.2) is 48.5 Å². The van der Waals surface area contributed by atoms with Crippen LogP contribution in [-0.4, -0.2) is 16.7 Å². The SMILES string of the molecule is COc1cccc(-n2c(CN)nc3ccccc32)c1. The maximum Gasteiger partial charge on any atom is 0.128 e. The number of hydrogen-bond acceptors (Lipinski definition) is 3. The fourth-order valence-corrected chi connectivity index (χ4v) is 2.25. The van der Waals surface area contributed by atoms with Crippen LogP contribution in [-0.2, 0) is 6.54 Å². The lowest BCUT2D eigenvalue weighted by Gasteiger charge is -2.09. The molecule has 4 nitrogen and oxygen atoms in total. The van der Waals surface area contributed by atoms with Gasteiger partial charge in [-0.15, -0.1) is 0 Å². The van der Waals surface area contributed by atoms with E-state index < -0.39 is 0 Å². The first-order valence-corrected chi connectivity index (χ1v) is 6.14. The van der Waals surface area contributed by atoms with Crippen LogP contribution < -0.4 is 10.5 Å². The van der Waals surface area contributed by atoms with E-state index in [2.05, 4.69) is 9.55 Å². The fraction of sp³-hybridized carbons (Fsp3) is 0.133. The molecule has 96 valence electrons. The number of ether oxygens (including phenoxy) is 1.